The summed E-state index contributed by atoms with van der Waals surface area (Å²) in [6.45, 7) is 5.39. The van der Waals surface area contributed by atoms with Gasteiger partial charge in [0.2, 0.25) is 0 Å². The second-order valence-electron chi connectivity index (χ2n) is 5.89. The summed E-state index contributed by atoms with van der Waals surface area (Å²) in [4.78, 5) is 2.34. The third-order valence-corrected chi connectivity index (χ3v) is 4.41. The first kappa shape index (κ1) is 16.8. The zero-order valence-corrected chi connectivity index (χ0v) is 12.1. The highest BCUT2D eigenvalue weighted by Gasteiger charge is 2.36. The predicted octanol–water partition coefficient (Wildman–Crippen LogP) is 3.70. The van der Waals surface area contributed by atoms with E-state index in [1.165, 1.54) is 12.8 Å². The molecule has 0 saturated heterocycles. The zero-order chi connectivity index (χ0) is 14.5. The number of nitrogens with zero attached hydrogens (tertiary/aromatic N) is 1. The third kappa shape index (κ3) is 4.95. The largest absolute Gasteiger partial charge is 0.389 e. The van der Waals surface area contributed by atoms with Crippen LogP contribution in [0.25, 0.3) is 0 Å². The average Bonchev–Trinajstić information content (AvgIpc) is 2.81. The highest BCUT2D eigenvalue weighted by atomic mass is 19.4. The fraction of sp³-hybridized carbons (Fsp3) is 1.00. The Hall–Kier alpha value is -0.290. The SMILES string of the molecule is CCN(C1CCCC1)C(C)(CN)CCCC(F)(F)F. The van der Waals surface area contributed by atoms with E-state index in [0.717, 1.165) is 19.4 Å². The predicted molar refractivity (Wildman–Crippen MR) is 72.0 cm³/mol. The molecule has 1 fully saturated rings. The summed E-state index contributed by atoms with van der Waals surface area (Å²) in [5.74, 6) is 0. The van der Waals surface area contributed by atoms with Gasteiger partial charge >= 0.3 is 6.18 Å². The van der Waals surface area contributed by atoms with Gasteiger partial charge in [0.15, 0.2) is 0 Å². The molecule has 1 unspecified atom stereocenters. The molecule has 1 rings (SSSR count). The first-order valence-electron chi connectivity index (χ1n) is 7.36. The van der Waals surface area contributed by atoms with Crippen LogP contribution >= 0.6 is 0 Å². The Labute approximate surface area is 114 Å². The van der Waals surface area contributed by atoms with Gasteiger partial charge in [-0.2, -0.15) is 13.2 Å². The summed E-state index contributed by atoms with van der Waals surface area (Å²) >= 11 is 0. The van der Waals surface area contributed by atoms with Crippen LogP contribution < -0.4 is 5.73 Å². The molecule has 0 aromatic heterocycles. The second-order valence-corrected chi connectivity index (χ2v) is 5.89. The molecule has 2 nitrogen and oxygen atoms in total. The van der Waals surface area contributed by atoms with Gasteiger partial charge in [0.1, 0.15) is 0 Å². The molecule has 1 atom stereocenters. The van der Waals surface area contributed by atoms with Crippen molar-refractivity contribution in [3.63, 3.8) is 0 Å². The molecule has 0 spiro atoms. The molecule has 114 valence electrons. The highest BCUT2D eigenvalue weighted by Crippen LogP contribution is 2.33. The average molecular weight is 280 g/mol. The van der Waals surface area contributed by atoms with Crippen molar-refractivity contribution in [2.45, 2.75) is 76.6 Å². The van der Waals surface area contributed by atoms with Gasteiger partial charge in [-0.15, -0.1) is 0 Å². The van der Waals surface area contributed by atoms with Crippen LogP contribution in [0.15, 0.2) is 0 Å². The number of nitrogens with two attached hydrogens (primary N) is 1. The number of hydrogen-bond acceptors (Lipinski definition) is 2. The summed E-state index contributed by atoms with van der Waals surface area (Å²) in [6.07, 6.45) is 0.693. The quantitative estimate of drug-likeness (QED) is 0.770. The first-order valence-corrected chi connectivity index (χ1v) is 7.36. The molecule has 1 aliphatic rings. The summed E-state index contributed by atoms with van der Waals surface area (Å²) < 4.78 is 36.8. The minimum atomic E-state index is -4.06. The van der Waals surface area contributed by atoms with E-state index in [9.17, 15) is 13.2 Å². The summed E-state index contributed by atoms with van der Waals surface area (Å²) in [7, 11) is 0. The molecule has 0 heterocycles. The van der Waals surface area contributed by atoms with Gasteiger partial charge in [0.25, 0.3) is 0 Å². The topological polar surface area (TPSA) is 29.3 Å². The van der Waals surface area contributed by atoms with Crippen LogP contribution in [-0.4, -0.2) is 35.7 Å². The maximum absolute atomic E-state index is 12.3. The van der Waals surface area contributed by atoms with Gasteiger partial charge in [0, 0.05) is 24.5 Å². The minimum absolute atomic E-state index is 0.167. The van der Waals surface area contributed by atoms with Crippen molar-refractivity contribution in [3.8, 4) is 0 Å². The van der Waals surface area contributed by atoms with Crippen molar-refractivity contribution in [1.82, 2.24) is 4.90 Å². The van der Waals surface area contributed by atoms with Gasteiger partial charge in [0.05, 0.1) is 0 Å². The second kappa shape index (κ2) is 6.93. The fourth-order valence-corrected chi connectivity index (χ4v) is 3.33. The monoisotopic (exact) mass is 280 g/mol. The highest BCUT2D eigenvalue weighted by molar-refractivity contribution is 4.92. The van der Waals surface area contributed by atoms with E-state index < -0.39 is 12.6 Å². The molecule has 1 saturated carbocycles. The maximum atomic E-state index is 12.3. The molecule has 1 aliphatic carbocycles. The van der Waals surface area contributed by atoms with E-state index in [1.54, 1.807) is 0 Å². The van der Waals surface area contributed by atoms with Crippen LogP contribution in [0.5, 0.6) is 0 Å². The summed E-state index contributed by atoms with van der Waals surface area (Å²) in [6, 6.07) is 0.504. The first-order chi connectivity index (χ1) is 8.82. The van der Waals surface area contributed by atoms with Gasteiger partial charge in [-0.3, -0.25) is 4.90 Å². The van der Waals surface area contributed by atoms with E-state index in [0.29, 0.717) is 19.0 Å². The molecule has 19 heavy (non-hydrogen) atoms. The van der Waals surface area contributed by atoms with Crippen LogP contribution in [0.3, 0.4) is 0 Å². The van der Waals surface area contributed by atoms with Gasteiger partial charge < -0.3 is 5.73 Å². The van der Waals surface area contributed by atoms with Crippen LogP contribution in [0, 0.1) is 0 Å². The zero-order valence-electron chi connectivity index (χ0n) is 12.1. The van der Waals surface area contributed by atoms with Crippen molar-refractivity contribution in [2.75, 3.05) is 13.1 Å². The Morgan fingerprint density at radius 1 is 1.16 bits per heavy atom. The van der Waals surface area contributed by atoms with Crippen molar-refractivity contribution < 1.29 is 13.2 Å². The Balaban J connectivity index is 2.59. The Morgan fingerprint density at radius 2 is 1.74 bits per heavy atom. The molecule has 0 bridgehead atoms. The molecule has 2 N–H and O–H groups in total. The van der Waals surface area contributed by atoms with Crippen molar-refractivity contribution >= 4 is 0 Å². The molecule has 0 radical (unpaired) electrons. The smallest absolute Gasteiger partial charge is 0.329 e. The van der Waals surface area contributed by atoms with Crippen LogP contribution in [0.4, 0.5) is 13.2 Å². The number of hydrogen-bond donors (Lipinski definition) is 1. The number of alkyl halides is 3. The molecular weight excluding hydrogens is 253 g/mol. The van der Waals surface area contributed by atoms with E-state index in [4.69, 9.17) is 5.73 Å². The lowest BCUT2D eigenvalue weighted by Crippen LogP contribution is -2.55. The van der Waals surface area contributed by atoms with E-state index >= 15 is 0 Å². The number of rotatable bonds is 7. The standard InChI is InChI=1S/C14H27F3N2/c1-3-19(12-7-4-5-8-12)13(2,11-18)9-6-10-14(15,16)17/h12H,3-11,18H2,1-2H3. The molecule has 0 aromatic carbocycles. The normalized spacial score (nSPS) is 21.0. The van der Waals surface area contributed by atoms with Gasteiger partial charge in [-0.1, -0.05) is 19.8 Å². The van der Waals surface area contributed by atoms with E-state index in [1.807, 2.05) is 6.92 Å². The third-order valence-electron chi connectivity index (χ3n) is 4.41. The van der Waals surface area contributed by atoms with Crippen LogP contribution in [0.2, 0.25) is 0 Å². The maximum Gasteiger partial charge on any atom is 0.389 e. The van der Waals surface area contributed by atoms with Crippen molar-refractivity contribution in [1.29, 1.82) is 0 Å². The van der Waals surface area contributed by atoms with Crippen molar-refractivity contribution in [3.05, 3.63) is 0 Å². The van der Waals surface area contributed by atoms with Crippen LogP contribution in [0.1, 0.15) is 58.8 Å². The Morgan fingerprint density at radius 3 is 2.16 bits per heavy atom. The number of likely N-dealkylation sites (N-methyl/N-ethyl adjacent to an activating group) is 1. The molecule has 5 heteroatoms. The van der Waals surface area contributed by atoms with Crippen LogP contribution in [-0.2, 0) is 0 Å². The lowest BCUT2D eigenvalue weighted by molar-refractivity contribution is -0.137. The summed E-state index contributed by atoms with van der Waals surface area (Å²) in [5.41, 5.74) is 5.58. The van der Waals surface area contributed by atoms with E-state index in [2.05, 4.69) is 11.8 Å². The fourth-order valence-electron chi connectivity index (χ4n) is 3.33. The lowest BCUT2D eigenvalue weighted by atomic mass is 9.90. The van der Waals surface area contributed by atoms with Crippen molar-refractivity contribution in [2.24, 2.45) is 5.73 Å². The molecule has 0 aromatic rings. The Bertz CT molecular complexity index is 262. The van der Waals surface area contributed by atoms with Gasteiger partial charge in [-0.05, 0) is 39.2 Å². The summed E-state index contributed by atoms with van der Waals surface area (Å²) in [5, 5.41) is 0. The molecular formula is C14H27F3N2. The molecule has 0 aliphatic heterocycles. The number of halogens is 3. The lowest BCUT2D eigenvalue weighted by Gasteiger charge is -2.44. The minimum Gasteiger partial charge on any atom is -0.329 e. The molecule has 0 amide bonds. The van der Waals surface area contributed by atoms with E-state index in [-0.39, 0.29) is 12.0 Å². The Kier molecular flexibility index (Phi) is 6.12. The van der Waals surface area contributed by atoms with Gasteiger partial charge in [-0.25, -0.2) is 0 Å².